The number of carbonyl (C=O) groups excluding carboxylic acids is 2. The number of hydrogen-bond donors (Lipinski definition) is 2. The first-order valence-corrected chi connectivity index (χ1v) is 7.44. The van der Waals surface area contributed by atoms with Crippen molar-refractivity contribution in [2.24, 2.45) is 5.73 Å². The van der Waals surface area contributed by atoms with Gasteiger partial charge in [0.15, 0.2) is 11.5 Å². The average Bonchev–Trinajstić information content (AvgIpc) is 2.41. The van der Waals surface area contributed by atoms with Gasteiger partial charge in [-0.3, -0.25) is 4.79 Å². The molecule has 1 heterocycles. The van der Waals surface area contributed by atoms with Gasteiger partial charge in [0, 0.05) is 12.5 Å². The molecule has 19 heavy (non-hydrogen) atoms. The standard InChI is InChI=1S/C11H9I2NO5/c12-8-5(15)3-6-10(9(8)13)19-11(17)4(14)1-2-7(16)18-6/h3-4,15H,1-2,14H2/t4-/m1/s1. The third-order valence-corrected chi connectivity index (χ3v) is 5.65. The van der Waals surface area contributed by atoms with Gasteiger partial charge in [0.2, 0.25) is 0 Å². The minimum Gasteiger partial charge on any atom is -0.507 e. The zero-order valence-electron chi connectivity index (χ0n) is 9.48. The van der Waals surface area contributed by atoms with Gasteiger partial charge in [-0.25, -0.2) is 4.79 Å². The molecule has 6 nitrogen and oxygen atoms in total. The summed E-state index contributed by atoms with van der Waals surface area (Å²) in [5.41, 5.74) is 5.62. The maximum absolute atomic E-state index is 11.8. The van der Waals surface area contributed by atoms with Crippen LogP contribution in [0.4, 0.5) is 0 Å². The summed E-state index contributed by atoms with van der Waals surface area (Å²) in [6, 6.07) is 0.377. The second-order valence-corrected chi connectivity index (χ2v) is 6.05. The van der Waals surface area contributed by atoms with Gasteiger partial charge in [0.1, 0.15) is 11.8 Å². The molecule has 0 radical (unpaired) electrons. The molecule has 0 amide bonds. The third kappa shape index (κ3) is 3.11. The van der Waals surface area contributed by atoms with Crippen molar-refractivity contribution in [2.45, 2.75) is 18.9 Å². The SMILES string of the molecule is N[C@@H]1CCC(=O)Oc2cc(O)c(I)c(I)c2OC1=O. The van der Waals surface area contributed by atoms with Crippen LogP contribution in [0.2, 0.25) is 0 Å². The Hall–Kier alpha value is -0.620. The lowest BCUT2D eigenvalue weighted by Gasteiger charge is -2.13. The van der Waals surface area contributed by atoms with Gasteiger partial charge in [-0.15, -0.1) is 0 Å². The van der Waals surface area contributed by atoms with Gasteiger partial charge in [-0.1, -0.05) is 0 Å². The normalized spacial score (nSPS) is 19.6. The van der Waals surface area contributed by atoms with Crippen LogP contribution in [0.1, 0.15) is 12.8 Å². The maximum Gasteiger partial charge on any atom is 0.328 e. The summed E-state index contributed by atoms with van der Waals surface area (Å²) in [6.45, 7) is 0. The number of phenols is 1. The van der Waals surface area contributed by atoms with E-state index in [0.29, 0.717) is 7.14 Å². The molecule has 1 aliphatic heterocycles. The Balaban J connectivity index is 2.55. The summed E-state index contributed by atoms with van der Waals surface area (Å²) in [5, 5.41) is 9.72. The van der Waals surface area contributed by atoms with Gasteiger partial charge < -0.3 is 20.3 Å². The van der Waals surface area contributed by atoms with Crippen molar-refractivity contribution >= 4 is 57.1 Å². The smallest absolute Gasteiger partial charge is 0.328 e. The van der Waals surface area contributed by atoms with Crippen molar-refractivity contribution in [1.29, 1.82) is 0 Å². The van der Waals surface area contributed by atoms with Gasteiger partial charge >= 0.3 is 11.9 Å². The van der Waals surface area contributed by atoms with E-state index in [4.69, 9.17) is 15.2 Å². The fraction of sp³-hybridized carbons (Fsp3) is 0.273. The molecular formula is C11H9I2NO5. The second kappa shape index (κ2) is 5.79. The number of phenolic OH excluding ortho intramolecular Hbond substituents is 1. The van der Waals surface area contributed by atoms with E-state index in [1.54, 1.807) is 0 Å². The third-order valence-electron chi connectivity index (χ3n) is 2.50. The first kappa shape index (κ1) is 14.8. The number of carbonyl (C=O) groups is 2. The van der Waals surface area contributed by atoms with Crippen molar-refractivity contribution in [3.8, 4) is 17.2 Å². The number of hydrogen-bond acceptors (Lipinski definition) is 6. The summed E-state index contributed by atoms with van der Waals surface area (Å²) >= 11 is 3.81. The van der Waals surface area contributed by atoms with E-state index in [0.717, 1.165) is 0 Å². The Morgan fingerprint density at radius 2 is 1.95 bits per heavy atom. The minimum atomic E-state index is -0.874. The van der Waals surface area contributed by atoms with E-state index in [-0.39, 0.29) is 30.1 Å². The Kier molecular flexibility index (Phi) is 4.50. The van der Waals surface area contributed by atoms with Crippen LogP contribution in [0.5, 0.6) is 17.2 Å². The predicted octanol–water partition coefficient (Wildman–Crippen LogP) is 1.53. The number of nitrogens with two attached hydrogens (primary N) is 1. The van der Waals surface area contributed by atoms with Crippen molar-refractivity contribution in [1.82, 2.24) is 0 Å². The summed E-state index contributed by atoms with van der Waals surface area (Å²) in [6.07, 6.45) is 0.171. The lowest BCUT2D eigenvalue weighted by atomic mass is 10.2. The molecule has 102 valence electrons. The maximum atomic E-state index is 11.8. The summed E-state index contributed by atoms with van der Waals surface area (Å²) in [7, 11) is 0. The summed E-state index contributed by atoms with van der Waals surface area (Å²) in [5.74, 6) is -1.06. The molecule has 0 saturated heterocycles. The van der Waals surface area contributed by atoms with Crippen molar-refractivity contribution in [2.75, 3.05) is 0 Å². The first-order valence-electron chi connectivity index (χ1n) is 5.29. The number of esters is 2. The molecule has 0 fully saturated rings. The molecule has 8 heteroatoms. The van der Waals surface area contributed by atoms with Crippen LogP contribution in [-0.2, 0) is 9.59 Å². The monoisotopic (exact) mass is 489 g/mol. The molecule has 1 atom stereocenters. The van der Waals surface area contributed by atoms with Gasteiger partial charge in [-0.2, -0.15) is 0 Å². The van der Waals surface area contributed by atoms with E-state index in [1.165, 1.54) is 6.07 Å². The van der Waals surface area contributed by atoms with E-state index in [9.17, 15) is 14.7 Å². The Morgan fingerprint density at radius 3 is 2.63 bits per heavy atom. The molecule has 0 aliphatic carbocycles. The molecule has 3 N–H and O–H groups in total. The van der Waals surface area contributed by atoms with Crippen molar-refractivity contribution in [3.63, 3.8) is 0 Å². The highest BCUT2D eigenvalue weighted by molar-refractivity contribution is 14.1. The van der Waals surface area contributed by atoms with E-state index in [1.807, 2.05) is 45.2 Å². The highest BCUT2D eigenvalue weighted by atomic mass is 127. The first-order chi connectivity index (χ1) is 8.90. The molecular weight excluding hydrogens is 480 g/mol. The molecule has 0 saturated carbocycles. The van der Waals surface area contributed by atoms with E-state index < -0.39 is 18.0 Å². The van der Waals surface area contributed by atoms with Crippen LogP contribution >= 0.6 is 45.2 Å². The number of fused-ring (bicyclic) bond motifs is 1. The topological polar surface area (TPSA) is 98.9 Å². The molecule has 0 unspecified atom stereocenters. The fourth-order valence-electron chi connectivity index (χ4n) is 1.49. The number of ether oxygens (including phenoxy) is 2. The number of benzene rings is 1. The van der Waals surface area contributed by atoms with Crippen LogP contribution in [-0.4, -0.2) is 23.1 Å². The Morgan fingerprint density at radius 1 is 1.26 bits per heavy atom. The number of rotatable bonds is 0. The lowest BCUT2D eigenvalue weighted by Crippen LogP contribution is -2.34. The second-order valence-electron chi connectivity index (χ2n) is 3.89. The average molecular weight is 489 g/mol. The molecule has 0 bridgehead atoms. The van der Waals surface area contributed by atoms with Crippen LogP contribution < -0.4 is 15.2 Å². The summed E-state index contributed by atoms with van der Waals surface area (Å²) in [4.78, 5) is 23.3. The number of halogens is 2. The zero-order valence-corrected chi connectivity index (χ0v) is 13.8. The minimum absolute atomic E-state index is 0.0129. The largest absolute Gasteiger partial charge is 0.507 e. The molecule has 1 aromatic rings. The zero-order chi connectivity index (χ0) is 14.2. The molecule has 2 rings (SSSR count). The molecule has 0 spiro atoms. The van der Waals surface area contributed by atoms with E-state index >= 15 is 0 Å². The highest BCUT2D eigenvalue weighted by Crippen LogP contribution is 2.41. The van der Waals surface area contributed by atoms with Crippen LogP contribution in [0, 0.1) is 7.14 Å². The Bertz CT molecular complexity index is 561. The quantitative estimate of drug-likeness (QED) is 0.326. The summed E-state index contributed by atoms with van der Waals surface area (Å²) < 4.78 is 11.3. The fourth-order valence-corrected chi connectivity index (χ4v) is 2.54. The Labute approximate surface area is 135 Å². The van der Waals surface area contributed by atoms with Crippen molar-refractivity contribution < 1.29 is 24.2 Å². The van der Waals surface area contributed by atoms with Crippen LogP contribution in [0.25, 0.3) is 0 Å². The van der Waals surface area contributed by atoms with Crippen molar-refractivity contribution in [3.05, 3.63) is 13.2 Å². The van der Waals surface area contributed by atoms with Gasteiger partial charge in [0.25, 0.3) is 0 Å². The predicted molar refractivity (Wildman–Crippen MR) is 82.0 cm³/mol. The van der Waals surface area contributed by atoms with Gasteiger partial charge in [0.05, 0.1) is 7.14 Å². The molecule has 1 aromatic carbocycles. The van der Waals surface area contributed by atoms with E-state index in [2.05, 4.69) is 0 Å². The van der Waals surface area contributed by atoms with Crippen LogP contribution in [0.3, 0.4) is 0 Å². The van der Waals surface area contributed by atoms with Gasteiger partial charge in [-0.05, 0) is 51.6 Å². The molecule has 0 aromatic heterocycles. The highest BCUT2D eigenvalue weighted by Gasteiger charge is 2.27. The lowest BCUT2D eigenvalue weighted by molar-refractivity contribution is -0.136. The van der Waals surface area contributed by atoms with Crippen LogP contribution in [0.15, 0.2) is 6.07 Å². The molecule has 1 aliphatic rings. The number of aromatic hydroxyl groups is 1.